The first-order chi connectivity index (χ1) is 9.10. The van der Waals surface area contributed by atoms with Crippen molar-refractivity contribution in [3.8, 4) is 11.5 Å². The minimum atomic E-state index is -0.918. The molecule has 2 rings (SSSR count). The van der Waals surface area contributed by atoms with Crippen molar-refractivity contribution in [2.24, 2.45) is 5.73 Å². The Morgan fingerprint density at radius 1 is 1.53 bits per heavy atom. The Kier molecular flexibility index (Phi) is 4.55. The lowest BCUT2D eigenvalue weighted by molar-refractivity contribution is -0.137. The summed E-state index contributed by atoms with van der Waals surface area (Å²) in [6, 6.07) is 4.78. The van der Waals surface area contributed by atoms with Gasteiger partial charge in [0.1, 0.15) is 6.10 Å². The van der Waals surface area contributed by atoms with Crippen LogP contribution < -0.4 is 15.2 Å². The van der Waals surface area contributed by atoms with Gasteiger partial charge in [-0.15, -0.1) is 0 Å². The molecule has 1 saturated heterocycles. The summed E-state index contributed by atoms with van der Waals surface area (Å²) in [5.41, 5.74) is 6.56. The van der Waals surface area contributed by atoms with Gasteiger partial charge in [0.2, 0.25) is 0 Å². The number of thioether (sulfide) groups is 1. The van der Waals surface area contributed by atoms with Crippen LogP contribution in [0.25, 0.3) is 0 Å². The summed E-state index contributed by atoms with van der Waals surface area (Å²) in [6.45, 7) is 0. The van der Waals surface area contributed by atoms with Gasteiger partial charge >= 0.3 is 5.97 Å². The Morgan fingerprint density at radius 3 is 2.79 bits per heavy atom. The first kappa shape index (κ1) is 14.0. The minimum Gasteiger partial charge on any atom is -0.493 e. The van der Waals surface area contributed by atoms with E-state index in [0.29, 0.717) is 11.5 Å². The molecule has 104 valence electrons. The van der Waals surface area contributed by atoms with E-state index in [1.165, 1.54) is 0 Å². The lowest BCUT2D eigenvalue weighted by atomic mass is 10.0. The molecule has 1 aliphatic heterocycles. The third kappa shape index (κ3) is 3.54. The van der Waals surface area contributed by atoms with Crippen LogP contribution in [0.15, 0.2) is 18.2 Å². The Balaban J connectivity index is 2.12. The predicted molar refractivity (Wildman–Crippen MR) is 73.9 cm³/mol. The summed E-state index contributed by atoms with van der Waals surface area (Å²) in [7, 11) is 1.56. The predicted octanol–water partition coefficient (Wildman–Crippen LogP) is 1.66. The highest BCUT2D eigenvalue weighted by atomic mass is 32.2. The van der Waals surface area contributed by atoms with E-state index >= 15 is 0 Å². The molecule has 0 bridgehead atoms. The van der Waals surface area contributed by atoms with Crippen molar-refractivity contribution in [1.82, 2.24) is 0 Å². The number of hydrogen-bond donors (Lipinski definition) is 2. The van der Waals surface area contributed by atoms with Crippen LogP contribution in [0.2, 0.25) is 0 Å². The van der Waals surface area contributed by atoms with Crippen LogP contribution >= 0.6 is 11.8 Å². The van der Waals surface area contributed by atoms with Gasteiger partial charge < -0.3 is 20.3 Å². The van der Waals surface area contributed by atoms with Crippen LogP contribution in [0.5, 0.6) is 11.5 Å². The number of ether oxygens (including phenoxy) is 2. The molecule has 0 radical (unpaired) electrons. The normalized spacial score (nSPS) is 16.5. The molecule has 1 unspecified atom stereocenters. The van der Waals surface area contributed by atoms with Gasteiger partial charge in [0.25, 0.3) is 0 Å². The summed E-state index contributed by atoms with van der Waals surface area (Å²) >= 11 is 1.84. The minimum absolute atomic E-state index is 0.109. The van der Waals surface area contributed by atoms with Gasteiger partial charge in [0.15, 0.2) is 11.5 Å². The number of carbonyl (C=O) groups is 1. The van der Waals surface area contributed by atoms with Crippen LogP contribution in [-0.4, -0.2) is 35.8 Å². The number of carboxylic acid groups (broad SMARTS) is 1. The van der Waals surface area contributed by atoms with Crippen molar-refractivity contribution in [2.75, 3.05) is 18.6 Å². The van der Waals surface area contributed by atoms with Gasteiger partial charge in [-0.2, -0.15) is 11.8 Å². The maximum Gasteiger partial charge on any atom is 0.305 e. The van der Waals surface area contributed by atoms with E-state index in [4.69, 9.17) is 20.3 Å². The second kappa shape index (κ2) is 6.16. The third-order valence-corrected chi connectivity index (χ3v) is 4.13. The first-order valence-electron chi connectivity index (χ1n) is 6.00. The molecular weight excluding hydrogens is 266 g/mol. The molecule has 1 aromatic carbocycles. The standard InChI is InChI=1S/C13H17NO4S/c1-17-12-4-8(10(14)5-13(15)16)2-3-11(12)18-9-6-19-7-9/h2-4,9-10H,5-7,14H2,1H3,(H,15,16). The number of nitrogens with two attached hydrogens (primary N) is 1. The molecule has 1 atom stereocenters. The Bertz CT molecular complexity index is 462. The number of benzene rings is 1. The van der Waals surface area contributed by atoms with Crippen molar-refractivity contribution in [3.05, 3.63) is 23.8 Å². The molecule has 0 aliphatic carbocycles. The molecule has 1 aromatic rings. The second-order valence-electron chi connectivity index (χ2n) is 4.39. The fourth-order valence-corrected chi connectivity index (χ4v) is 2.34. The molecule has 19 heavy (non-hydrogen) atoms. The van der Waals surface area contributed by atoms with E-state index in [1.807, 2.05) is 11.8 Å². The summed E-state index contributed by atoms with van der Waals surface area (Å²) in [6.07, 6.45) is 0.125. The van der Waals surface area contributed by atoms with E-state index in [0.717, 1.165) is 17.1 Å². The highest BCUT2D eigenvalue weighted by Gasteiger charge is 2.22. The summed E-state index contributed by atoms with van der Waals surface area (Å²) in [5.74, 6) is 2.33. The fraction of sp³-hybridized carbons (Fsp3) is 0.462. The molecule has 0 saturated carbocycles. The summed E-state index contributed by atoms with van der Waals surface area (Å²) < 4.78 is 11.1. The van der Waals surface area contributed by atoms with Crippen LogP contribution in [0, 0.1) is 0 Å². The van der Waals surface area contributed by atoms with Gasteiger partial charge in [0, 0.05) is 17.5 Å². The molecule has 1 heterocycles. The van der Waals surface area contributed by atoms with Crippen LogP contribution in [-0.2, 0) is 4.79 Å². The highest BCUT2D eigenvalue weighted by Crippen LogP contribution is 2.33. The van der Waals surface area contributed by atoms with E-state index in [9.17, 15) is 4.79 Å². The van der Waals surface area contributed by atoms with Crippen LogP contribution in [0.3, 0.4) is 0 Å². The maximum atomic E-state index is 10.7. The maximum absolute atomic E-state index is 10.7. The van der Waals surface area contributed by atoms with Crippen molar-refractivity contribution >= 4 is 17.7 Å². The SMILES string of the molecule is COc1cc(C(N)CC(=O)O)ccc1OC1CSC1. The number of carboxylic acids is 1. The Labute approximate surface area is 116 Å². The van der Waals surface area contributed by atoms with E-state index in [2.05, 4.69) is 0 Å². The Hall–Kier alpha value is -1.40. The molecule has 1 fully saturated rings. The summed E-state index contributed by atoms with van der Waals surface area (Å²) in [5, 5.41) is 8.75. The second-order valence-corrected chi connectivity index (χ2v) is 5.47. The largest absolute Gasteiger partial charge is 0.493 e. The van der Waals surface area contributed by atoms with Crippen LogP contribution in [0.1, 0.15) is 18.0 Å². The van der Waals surface area contributed by atoms with Crippen molar-refractivity contribution in [2.45, 2.75) is 18.6 Å². The number of methoxy groups -OCH3 is 1. The molecule has 0 aromatic heterocycles. The molecular formula is C13H17NO4S. The van der Waals surface area contributed by atoms with Crippen molar-refractivity contribution in [3.63, 3.8) is 0 Å². The zero-order valence-electron chi connectivity index (χ0n) is 10.7. The van der Waals surface area contributed by atoms with E-state index in [-0.39, 0.29) is 12.5 Å². The lowest BCUT2D eigenvalue weighted by Crippen LogP contribution is -2.31. The smallest absolute Gasteiger partial charge is 0.305 e. The van der Waals surface area contributed by atoms with Crippen molar-refractivity contribution < 1.29 is 19.4 Å². The zero-order chi connectivity index (χ0) is 13.8. The van der Waals surface area contributed by atoms with Gasteiger partial charge in [0.05, 0.1) is 13.5 Å². The highest BCUT2D eigenvalue weighted by molar-refractivity contribution is 8.00. The topological polar surface area (TPSA) is 81.8 Å². The number of hydrogen-bond acceptors (Lipinski definition) is 5. The molecule has 3 N–H and O–H groups in total. The van der Waals surface area contributed by atoms with Gasteiger partial charge in [-0.1, -0.05) is 6.07 Å². The van der Waals surface area contributed by atoms with Crippen molar-refractivity contribution in [1.29, 1.82) is 0 Å². The monoisotopic (exact) mass is 283 g/mol. The molecule has 0 amide bonds. The number of aliphatic carboxylic acids is 1. The van der Waals surface area contributed by atoms with Gasteiger partial charge in [-0.25, -0.2) is 0 Å². The van der Waals surface area contributed by atoms with Gasteiger partial charge in [-0.3, -0.25) is 4.79 Å². The third-order valence-electron chi connectivity index (χ3n) is 2.91. The fourth-order valence-electron chi connectivity index (χ4n) is 1.78. The average molecular weight is 283 g/mol. The summed E-state index contributed by atoms with van der Waals surface area (Å²) in [4.78, 5) is 10.7. The molecule has 1 aliphatic rings. The zero-order valence-corrected chi connectivity index (χ0v) is 11.5. The average Bonchev–Trinajstić information content (AvgIpc) is 2.32. The first-order valence-corrected chi connectivity index (χ1v) is 7.15. The van der Waals surface area contributed by atoms with E-state index < -0.39 is 12.0 Å². The molecule has 5 nitrogen and oxygen atoms in total. The number of rotatable bonds is 6. The van der Waals surface area contributed by atoms with Gasteiger partial charge in [-0.05, 0) is 17.7 Å². The lowest BCUT2D eigenvalue weighted by Gasteiger charge is -2.27. The molecule has 0 spiro atoms. The molecule has 6 heteroatoms. The quantitative estimate of drug-likeness (QED) is 0.826. The Morgan fingerprint density at radius 2 is 2.26 bits per heavy atom. The van der Waals surface area contributed by atoms with Crippen LogP contribution in [0.4, 0.5) is 0 Å². The van der Waals surface area contributed by atoms with E-state index in [1.54, 1.807) is 25.3 Å².